The molecule has 0 aromatic carbocycles. The maximum atomic E-state index is 12.4. The molecule has 6 nitrogen and oxygen atoms in total. The Balaban J connectivity index is 1.64. The number of piperidine rings is 1. The van der Waals surface area contributed by atoms with Crippen molar-refractivity contribution in [3.05, 3.63) is 35.9 Å². The van der Waals surface area contributed by atoms with Crippen LogP contribution in [-0.4, -0.2) is 43.9 Å². The second-order valence-corrected chi connectivity index (χ2v) is 5.42. The quantitative estimate of drug-likeness (QED) is 0.915. The van der Waals surface area contributed by atoms with Crippen LogP contribution in [0.25, 0.3) is 0 Å². The van der Waals surface area contributed by atoms with E-state index in [0.29, 0.717) is 11.6 Å². The fourth-order valence-corrected chi connectivity index (χ4v) is 2.82. The van der Waals surface area contributed by atoms with Crippen LogP contribution in [0.5, 0.6) is 0 Å². The van der Waals surface area contributed by atoms with Gasteiger partial charge in [-0.1, -0.05) is 0 Å². The monoisotopic (exact) mass is 273 g/mol. The van der Waals surface area contributed by atoms with Crippen LogP contribution in [0.1, 0.15) is 29.0 Å². The molecule has 1 saturated heterocycles. The third-order valence-corrected chi connectivity index (χ3v) is 3.81. The molecule has 1 amide bonds. The normalized spacial score (nSPS) is 19.2. The summed E-state index contributed by atoms with van der Waals surface area (Å²) in [5, 5.41) is 11.2. The van der Waals surface area contributed by atoms with Gasteiger partial charge in [-0.2, -0.15) is 10.2 Å². The van der Waals surface area contributed by atoms with Crippen molar-refractivity contribution in [3.63, 3.8) is 0 Å². The summed E-state index contributed by atoms with van der Waals surface area (Å²) in [6, 6.07) is 3.78. The predicted molar refractivity (Wildman–Crippen MR) is 74.1 cm³/mol. The van der Waals surface area contributed by atoms with Crippen molar-refractivity contribution in [2.45, 2.75) is 19.3 Å². The average Bonchev–Trinajstić information content (AvgIpc) is 3.10. The molecule has 6 heteroatoms. The van der Waals surface area contributed by atoms with Gasteiger partial charge in [-0.25, -0.2) is 0 Å². The number of hydrogen-bond acceptors (Lipinski definition) is 3. The van der Waals surface area contributed by atoms with E-state index < -0.39 is 0 Å². The van der Waals surface area contributed by atoms with E-state index in [4.69, 9.17) is 0 Å². The van der Waals surface area contributed by atoms with Gasteiger partial charge in [-0.15, -0.1) is 0 Å². The summed E-state index contributed by atoms with van der Waals surface area (Å²) in [6.45, 7) is 1.63. The van der Waals surface area contributed by atoms with Crippen LogP contribution >= 0.6 is 0 Å². The van der Waals surface area contributed by atoms with Crippen LogP contribution < -0.4 is 0 Å². The number of carbonyl (C=O) groups excluding carboxylic acids is 1. The van der Waals surface area contributed by atoms with E-state index in [1.807, 2.05) is 18.0 Å². The first-order valence-corrected chi connectivity index (χ1v) is 6.99. The van der Waals surface area contributed by atoms with E-state index in [0.717, 1.165) is 38.0 Å². The summed E-state index contributed by atoms with van der Waals surface area (Å²) in [5.74, 6) is 0.539. The maximum Gasteiger partial charge on any atom is 0.274 e. The van der Waals surface area contributed by atoms with Gasteiger partial charge in [0, 0.05) is 38.2 Å². The van der Waals surface area contributed by atoms with Crippen LogP contribution in [0.3, 0.4) is 0 Å². The largest absolute Gasteiger partial charge is 0.337 e. The summed E-state index contributed by atoms with van der Waals surface area (Å²) in [4.78, 5) is 14.3. The lowest BCUT2D eigenvalue weighted by Gasteiger charge is -2.32. The number of amides is 1. The SMILES string of the molecule is Cn1ccc(C(=O)N2CCC[C@@H](Cc3ccn[nH]3)C2)n1. The molecule has 1 fully saturated rings. The van der Waals surface area contributed by atoms with Gasteiger partial charge in [-0.3, -0.25) is 14.6 Å². The lowest BCUT2D eigenvalue weighted by atomic mass is 9.93. The Morgan fingerprint density at radius 3 is 3.10 bits per heavy atom. The molecule has 1 aliphatic rings. The fourth-order valence-electron chi connectivity index (χ4n) is 2.82. The molecule has 0 aliphatic carbocycles. The zero-order valence-corrected chi connectivity index (χ0v) is 11.6. The number of hydrogen-bond donors (Lipinski definition) is 1. The number of aromatic amines is 1. The Morgan fingerprint density at radius 1 is 1.50 bits per heavy atom. The number of aromatic nitrogens is 4. The number of rotatable bonds is 3. The smallest absolute Gasteiger partial charge is 0.274 e. The first-order chi connectivity index (χ1) is 9.72. The molecule has 2 aromatic rings. The molecule has 3 rings (SSSR count). The van der Waals surface area contributed by atoms with E-state index in [-0.39, 0.29) is 5.91 Å². The van der Waals surface area contributed by atoms with Crippen LogP contribution in [0.2, 0.25) is 0 Å². The van der Waals surface area contributed by atoms with Crippen LogP contribution in [-0.2, 0) is 13.5 Å². The highest BCUT2D eigenvalue weighted by molar-refractivity contribution is 5.92. The lowest BCUT2D eigenvalue weighted by molar-refractivity contribution is 0.0666. The third kappa shape index (κ3) is 2.74. The summed E-state index contributed by atoms with van der Waals surface area (Å²) in [7, 11) is 1.83. The number of likely N-dealkylation sites (tertiary alicyclic amines) is 1. The maximum absolute atomic E-state index is 12.4. The highest BCUT2D eigenvalue weighted by Gasteiger charge is 2.25. The van der Waals surface area contributed by atoms with Crippen molar-refractivity contribution in [2.75, 3.05) is 13.1 Å². The second kappa shape index (κ2) is 5.48. The first kappa shape index (κ1) is 12.9. The van der Waals surface area contributed by atoms with Crippen molar-refractivity contribution in [1.82, 2.24) is 24.9 Å². The molecule has 106 valence electrons. The van der Waals surface area contributed by atoms with Gasteiger partial charge in [0.05, 0.1) is 0 Å². The summed E-state index contributed by atoms with van der Waals surface area (Å²) < 4.78 is 1.67. The van der Waals surface area contributed by atoms with Crippen molar-refractivity contribution >= 4 is 5.91 Å². The standard InChI is InChI=1S/C14H19N5O/c1-18-8-5-13(17-18)14(20)19-7-2-3-11(10-19)9-12-4-6-15-16-12/h4-6,8,11H,2-3,7,9-10H2,1H3,(H,15,16)/t11-/m0/s1. The minimum Gasteiger partial charge on any atom is -0.337 e. The van der Waals surface area contributed by atoms with Crippen molar-refractivity contribution in [1.29, 1.82) is 0 Å². The molecular weight excluding hydrogens is 254 g/mol. The molecule has 0 saturated carbocycles. The zero-order chi connectivity index (χ0) is 13.9. The van der Waals surface area contributed by atoms with Gasteiger partial charge in [0.15, 0.2) is 0 Å². The minimum atomic E-state index is 0.0416. The van der Waals surface area contributed by atoms with Gasteiger partial charge in [0.2, 0.25) is 0 Å². The molecule has 1 atom stereocenters. The highest BCUT2D eigenvalue weighted by atomic mass is 16.2. The average molecular weight is 273 g/mol. The summed E-state index contributed by atoms with van der Waals surface area (Å²) in [6.07, 6.45) is 6.74. The minimum absolute atomic E-state index is 0.0416. The molecule has 20 heavy (non-hydrogen) atoms. The van der Waals surface area contributed by atoms with E-state index in [2.05, 4.69) is 15.3 Å². The van der Waals surface area contributed by atoms with Crippen LogP contribution in [0.4, 0.5) is 0 Å². The summed E-state index contributed by atoms with van der Waals surface area (Å²) in [5.41, 5.74) is 1.68. The number of nitrogens with one attached hydrogen (secondary N) is 1. The predicted octanol–water partition coefficient (Wildman–Crippen LogP) is 1.24. The van der Waals surface area contributed by atoms with Gasteiger partial charge >= 0.3 is 0 Å². The van der Waals surface area contributed by atoms with Gasteiger partial charge in [-0.05, 0) is 37.3 Å². The second-order valence-electron chi connectivity index (χ2n) is 5.42. The molecule has 0 unspecified atom stereocenters. The number of nitrogens with zero attached hydrogens (tertiary/aromatic N) is 4. The van der Waals surface area contributed by atoms with Gasteiger partial charge in [0.1, 0.15) is 5.69 Å². The van der Waals surface area contributed by atoms with Gasteiger partial charge < -0.3 is 4.90 Å². The molecule has 1 N–H and O–H groups in total. The van der Waals surface area contributed by atoms with Crippen LogP contribution in [0.15, 0.2) is 24.5 Å². The zero-order valence-electron chi connectivity index (χ0n) is 11.6. The van der Waals surface area contributed by atoms with Crippen molar-refractivity contribution < 1.29 is 4.79 Å². The topological polar surface area (TPSA) is 66.8 Å². The van der Waals surface area contributed by atoms with Crippen molar-refractivity contribution in [3.8, 4) is 0 Å². The Hall–Kier alpha value is -2.11. The summed E-state index contributed by atoms with van der Waals surface area (Å²) >= 11 is 0. The molecule has 0 spiro atoms. The Kier molecular flexibility index (Phi) is 3.54. The number of aryl methyl sites for hydroxylation is 1. The van der Waals surface area contributed by atoms with Gasteiger partial charge in [0.25, 0.3) is 5.91 Å². The number of carbonyl (C=O) groups is 1. The Labute approximate surface area is 117 Å². The lowest BCUT2D eigenvalue weighted by Crippen LogP contribution is -2.40. The molecule has 0 radical (unpaired) electrons. The molecule has 3 heterocycles. The number of H-pyrrole nitrogens is 1. The van der Waals surface area contributed by atoms with E-state index in [9.17, 15) is 4.79 Å². The van der Waals surface area contributed by atoms with Crippen LogP contribution in [0, 0.1) is 5.92 Å². The third-order valence-electron chi connectivity index (χ3n) is 3.81. The van der Waals surface area contributed by atoms with E-state index in [1.54, 1.807) is 23.1 Å². The molecular formula is C14H19N5O. The molecule has 2 aromatic heterocycles. The fraction of sp³-hybridized carbons (Fsp3) is 0.500. The molecule has 1 aliphatic heterocycles. The van der Waals surface area contributed by atoms with E-state index in [1.165, 1.54) is 0 Å². The Bertz CT molecular complexity index is 574. The molecule has 0 bridgehead atoms. The highest BCUT2D eigenvalue weighted by Crippen LogP contribution is 2.21. The van der Waals surface area contributed by atoms with E-state index >= 15 is 0 Å². The van der Waals surface area contributed by atoms with Crippen molar-refractivity contribution in [2.24, 2.45) is 13.0 Å². The first-order valence-electron chi connectivity index (χ1n) is 6.99. The Morgan fingerprint density at radius 2 is 2.40 bits per heavy atom.